The Bertz CT molecular complexity index is 537. The van der Waals surface area contributed by atoms with Gasteiger partial charge in [-0.05, 0) is 23.3 Å². The molecule has 2 aromatic rings. The SMILES string of the molecule is O=C(O)[C@H](O)CSc1ccc(-c2ccccc2)cc1. The topological polar surface area (TPSA) is 57.5 Å². The maximum atomic E-state index is 10.5. The highest BCUT2D eigenvalue weighted by molar-refractivity contribution is 7.99. The number of hydrogen-bond acceptors (Lipinski definition) is 3. The van der Waals surface area contributed by atoms with E-state index in [0.29, 0.717) is 0 Å². The van der Waals surface area contributed by atoms with Crippen LogP contribution >= 0.6 is 11.8 Å². The molecular weight excluding hydrogens is 260 g/mol. The van der Waals surface area contributed by atoms with Crippen LogP contribution in [0.3, 0.4) is 0 Å². The number of carboxylic acids is 1. The van der Waals surface area contributed by atoms with E-state index in [1.54, 1.807) is 0 Å². The lowest BCUT2D eigenvalue weighted by Crippen LogP contribution is -2.21. The first-order valence-electron chi connectivity index (χ1n) is 5.86. The Morgan fingerprint density at radius 1 is 1.00 bits per heavy atom. The quantitative estimate of drug-likeness (QED) is 0.823. The van der Waals surface area contributed by atoms with Crippen molar-refractivity contribution in [2.24, 2.45) is 0 Å². The van der Waals surface area contributed by atoms with Gasteiger partial charge in [-0.1, -0.05) is 42.5 Å². The number of benzene rings is 2. The molecule has 1 atom stereocenters. The van der Waals surface area contributed by atoms with E-state index in [0.717, 1.165) is 16.0 Å². The molecular formula is C15H14O3S. The van der Waals surface area contributed by atoms with Crippen molar-refractivity contribution >= 4 is 17.7 Å². The molecule has 0 unspecified atom stereocenters. The molecule has 0 radical (unpaired) electrons. The minimum atomic E-state index is -1.32. The van der Waals surface area contributed by atoms with Crippen LogP contribution < -0.4 is 0 Å². The summed E-state index contributed by atoms with van der Waals surface area (Å²) in [5, 5.41) is 17.8. The average Bonchev–Trinajstić information content (AvgIpc) is 2.46. The molecule has 0 spiro atoms. The van der Waals surface area contributed by atoms with Gasteiger partial charge in [0.2, 0.25) is 0 Å². The van der Waals surface area contributed by atoms with E-state index >= 15 is 0 Å². The number of carboxylic acid groups (broad SMARTS) is 1. The number of hydrogen-bond donors (Lipinski definition) is 2. The van der Waals surface area contributed by atoms with Crippen molar-refractivity contribution < 1.29 is 15.0 Å². The normalized spacial score (nSPS) is 12.1. The van der Waals surface area contributed by atoms with Crippen LogP contribution in [-0.2, 0) is 4.79 Å². The maximum Gasteiger partial charge on any atom is 0.333 e. The molecule has 0 fully saturated rings. The third-order valence-corrected chi connectivity index (χ3v) is 3.74. The van der Waals surface area contributed by atoms with Crippen LogP contribution in [0.5, 0.6) is 0 Å². The molecule has 2 aromatic carbocycles. The van der Waals surface area contributed by atoms with Crippen LogP contribution in [0.1, 0.15) is 0 Å². The lowest BCUT2D eigenvalue weighted by Gasteiger charge is -2.06. The Morgan fingerprint density at radius 3 is 2.16 bits per heavy atom. The maximum absolute atomic E-state index is 10.5. The molecule has 2 N–H and O–H groups in total. The number of aliphatic hydroxyl groups is 1. The van der Waals surface area contributed by atoms with Gasteiger partial charge in [0.15, 0.2) is 6.10 Å². The van der Waals surface area contributed by atoms with E-state index in [1.807, 2.05) is 54.6 Å². The smallest absolute Gasteiger partial charge is 0.333 e. The molecule has 4 heteroatoms. The van der Waals surface area contributed by atoms with Crippen LogP contribution in [0.4, 0.5) is 0 Å². The molecule has 0 aliphatic rings. The number of aliphatic carboxylic acids is 1. The van der Waals surface area contributed by atoms with Crippen LogP contribution in [0.15, 0.2) is 59.5 Å². The summed E-state index contributed by atoms with van der Waals surface area (Å²) in [6.07, 6.45) is -1.32. The molecule has 0 aliphatic heterocycles. The Balaban J connectivity index is 2.01. The number of carbonyl (C=O) groups is 1. The van der Waals surface area contributed by atoms with Crippen molar-refractivity contribution in [2.75, 3.05) is 5.75 Å². The fraction of sp³-hybridized carbons (Fsp3) is 0.133. The summed E-state index contributed by atoms with van der Waals surface area (Å²) in [5.74, 6) is -1.03. The second-order valence-electron chi connectivity index (χ2n) is 4.06. The molecule has 0 bridgehead atoms. The first-order valence-corrected chi connectivity index (χ1v) is 6.84. The van der Waals surface area contributed by atoms with Crippen molar-refractivity contribution in [3.63, 3.8) is 0 Å². The van der Waals surface area contributed by atoms with Gasteiger partial charge < -0.3 is 10.2 Å². The standard InChI is InChI=1S/C15H14O3S/c16-14(15(17)18)10-19-13-8-6-12(7-9-13)11-4-2-1-3-5-11/h1-9,14,16H,10H2,(H,17,18)/t14-/m1/s1. The Hall–Kier alpha value is -1.78. The minimum absolute atomic E-state index is 0.153. The van der Waals surface area contributed by atoms with Gasteiger partial charge in [0.25, 0.3) is 0 Å². The molecule has 0 amide bonds. The molecule has 0 heterocycles. The van der Waals surface area contributed by atoms with Crippen LogP contribution in [0, 0.1) is 0 Å². The highest BCUT2D eigenvalue weighted by Crippen LogP contribution is 2.24. The minimum Gasteiger partial charge on any atom is -0.479 e. The lowest BCUT2D eigenvalue weighted by molar-refractivity contribution is -0.145. The first-order chi connectivity index (χ1) is 9.16. The largest absolute Gasteiger partial charge is 0.479 e. The van der Waals surface area contributed by atoms with Crippen molar-refractivity contribution in [1.82, 2.24) is 0 Å². The van der Waals surface area contributed by atoms with E-state index in [4.69, 9.17) is 5.11 Å². The van der Waals surface area contributed by atoms with Gasteiger partial charge in [0.1, 0.15) is 0 Å². The predicted molar refractivity (Wildman–Crippen MR) is 76.2 cm³/mol. The summed E-state index contributed by atoms with van der Waals surface area (Å²) >= 11 is 1.33. The van der Waals surface area contributed by atoms with Crippen LogP contribution in [-0.4, -0.2) is 28.0 Å². The van der Waals surface area contributed by atoms with Crippen LogP contribution in [0.2, 0.25) is 0 Å². The summed E-state index contributed by atoms with van der Waals surface area (Å²) in [4.78, 5) is 11.4. The molecule has 0 aromatic heterocycles. The second-order valence-corrected chi connectivity index (χ2v) is 5.15. The van der Waals surface area contributed by atoms with E-state index in [2.05, 4.69) is 0 Å². The zero-order valence-corrected chi connectivity index (χ0v) is 11.0. The van der Waals surface area contributed by atoms with E-state index in [9.17, 15) is 9.90 Å². The Labute approximate surface area is 115 Å². The van der Waals surface area contributed by atoms with Gasteiger partial charge in [-0.3, -0.25) is 0 Å². The molecule has 0 saturated carbocycles. The van der Waals surface area contributed by atoms with Gasteiger partial charge in [-0.25, -0.2) is 4.79 Å². The highest BCUT2D eigenvalue weighted by atomic mass is 32.2. The molecule has 2 rings (SSSR count). The molecule has 3 nitrogen and oxygen atoms in total. The van der Waals surface area contributed by atoms with E-state index in [-0.39, 0.29) is 5.75 Å². The fourth-order valence-electron chi connectivity index (χ4n) is 1.62. The third-order valence-electron chi connectivity index (χ3n) is 2.65. The summed E-state index contributed by atoms with van der Waals surface area (Å²) < 4.78 is 0. The Kier molecular flexibility index (Phi) is 4.60. The third kappa shape index (κ3) is 3.84. The van der Waals surface area contributed by atoms with Gasteiger partial charge in [0.05, 0.1) is 0 Å². The summed E-state index contributed by atoms with van der Waals surface area (Å²) in [6, 6.07) is 17.9. The fourth-order valence-corrected chi connectivity index (χ4v) is 2.44. The molecule has 0 saturated heterocycles. The zero-order chi connectivity index (χ0) is 13.7. The van der Waals surface area contributed by atoms with Crippen molar-refractivity contribution in [1.29, 1.82) is 0 Å². The predicted octanol–water partition coefficient (Wildman–Crippen LogP) is 2.89. The van der Waals surface area contributed by atoms with Crippen LogP contribution in [0.25, 0.3) is 11.1 Å². The van der Waals surface area contributed by atoms with Gasteiger partial charge >= 0.3 is 5.97 Å². The average molecular weight is 274 g/mol. The van der Waals surface area contributed by atoms with Crippen molar-refractivity contribution in [2.45, 2.75) is 11.0 Å². The lowest BCUT2D eigenvalue weighted by atomic mass is 10.1. The second kappa shape index (κ2) is 6.41. The summed E-state index contributed by atoms with van der Waals surface area (Å²) in [5.41, 5.74) is 2.26. The monoisotopic (exact) mass is 274 g/mol. The highest BCUT2D eigenvalue weighted by Gasteiger charge is 2.12. The van der Waals surface area contributed by atoms with Gasteiger partial charge in [-0.2, -0.15) is 0 Å². The van der Waals surface area contributed by atoms with Gasteiger partial charge in [0, 0.05) is 10.6 Å². The molecule has 0 aliphatic carbocycles. The Morgan fingerprint density at radius 2 is 1.58 bits per heavy atom. The zero-order valence-electron chi connectivity index (χ0n) is 10.2. The van der Waals surface area contributed by atoms with Crippen molar-refractivity contribution in [3.8, 4) is 11.1 Å². The molecule has 98 valence electrons. The number of thioether (sulfide) groups is 1. The number of aliphatic hydroxyl groups excluding tert-OH is 1. The molecule has 19 heavy (non-hydrogen) atoms. The van der Waals surface area contributed by atoms with Crippen molar-refractivity contribution in [3.05, 3.63) is 54.6 Å². The van der Waals surface area contributed by atoms with Gasteiger partial charge in [-0.15, -0.1) is 11.8 Å². The summed E-state index contributed by atoms with van der Waals surface area (Å²) in [6.45, 7) is 0. The van der Waals surface area contributed by atoms with E-state index < -0.39 is 12.1 Å². The first kappa shape index (κ1) is 13.6. The van der Waals surface area contributed by atoms with E-state index in [1.165, 1.54) is 11.8 Å². The summed E-state index contributed by atoms with van der Waals surface area (Å²) in [7, 11) is 0. The number of rotatable bonds is 5.